The van der Waals surface area contributed by atoms with Gasteiger partial charge in [-0.05, 0) is 19.1 Å². The Morgan fingerprint density at radius 1 is 1.56 bits per heavy atom. The molecule has 0 bridgehead atoms. The molecule has 0 radical (unpaired) electrons. The number of carbonyl (C=O) groups is 1. The number of hydrogen-bond donors (Lipinski definition) is 2. The number of thioether (sulfide) groups is 1. The van der Waals surface area contributed by atoms with Crippen molar-refractivity contribution in [3.8, 4) is 0 Å². The molecule has 1 aromatic heterocycles. The lowest BCUT2D eigenvalue weighted by atomic mass is 10.4. The number of aliphatic hydroxyl groups excluding tert-OH is 1. The van der Waals surface area contributed by atoms with E-state index in [9.17, 15) is 4.79 Å². The van der Waals surface area contributed by atoms with Crippen LogP contribution in [0.3, 0.4) is 0 Å². The van der Waals surface area contributed by atoms with E-state index in [2.05, 4.69) is 15.5 Å². The molecular weight excluding hydrogens is 226 g/mol. The van der Waals surface area contributed by atoms with Crippen molar-refractivity contribution in [1.29, 1.82) is 0 Å². The van der Waals surface area contributed by atoms with Gasteiger partial charge in [0.15, 0.2) is 5.69 Å². The number of amides is 1. The van der Waals surface area contributed by atoms with Crippen molar-refractivity contribution in [1.82, 2.24) is 15.5 Å². The molecule has 88 valence electrons. The first-order valence-corrected chi connectivity index (χ1v) is 5.94. The van der Waals surface area contributed by atoms with Crippen LogP contribution in [0, 0.1) is 0 Å². The molecule has 0 aliphatic heterocycles. The van der Waals surface area contributed by atoms with Gasteiger partial charge in [0.2, 0.25) is 0 Å². The molecule has 2 N–H and O–H groups in total. The average Bonchev–Trinajstić information content (AvgIpc) is 2.30. The number of aromatic nitrogens is 2. The summed E-state index contributed by atoms with van der Waals surface area (Å²) in [6.07, 6.45) is 0. The minimum Gasteiger partial charge on any atom is -0.395 e. The highest BCUT2D eigenvalue weighted by Crippen LogP contribution is 2.19. The van der Waals surface area contributed by atoms with E-state index in [1.165, 1.54) is 11.8 Å². The summed E-state index contributed by atoms with van der Waals surface area (Å²) in [6.45, 7) is 4.39. The van der Waals surface area contributed by atoms with Gasteiger partial charge >= 0.3 is 0 Å². The Morgan fingerprint density at radius 2 is 2.31 bits per heavy atom. The van der Waals surface area contributed by atoms with Gasteiger partial charge in [0, 0.05) is 11.8 Å². The molecule has 1 aromatic rings. The lowest BCUT2D eigenvalue weighted by Crippen LogP contribution is -2.24. The maximum absolute atomic E-state index is 11.4. The van der Waals surface area contributed by atoms with Crippen LogP contribution < -0.4 is 5.32 Å². The lowest BCUT2D eigenvalue weighted by molar-refractivity contribution is 0.0949. The highest BCUT2D eigenvalue weighted by molar-refractivity contribution is 7.99. The highest BCUT2D eigenvalue weighted by Gasteiger charge is 2.08. The second-order valence-electron chi connectivity index (χ2n) is 3.23. The van der Waals surface area contributed by atoms with Gasteiger partial charge in [-0.1, -0.05) is 18.7 Å². The van der Waals surface area contributed by atoms with Crippen molar-refractivity contribution in [3.63, 3.8) is 0 Å². The normalized spacial score (nSPS) is 12.2. The third-order valence-corrected chi connectivity index (χ3v) is 2.80. The lowest BCUT2D eigenvalue weighted by Gasteiger charge is -2.06. The molecule has 1 atom stereocenters. The van der Waals surface area contributed by atoms with Crippen molar-refractivity contribution in [2.45, 2.75) is 24.1 Å². The van der Waals surface area contributed by atoms with E-state index < -0.39 is 0 Å². The molecule has 16 heavy (non-hydrogen) atoms. The monoisotopic (exact) mass is 241 g/mol. The molecule has 0 fully saturated rings. The van der Waals surface area contributed by atoms with Gasteiger partial charge in [-0.15, -0.1) is 10.2 Å². The van der Waals surface area contributed by atoms with E-state index in [-0.39, 0.29) is 17.8 Å². The standard InChI is InChI=1S/C10H15N3O2S/c1-3-11-10(15)8-4-5-9(13-12-8)16-7(2)6-14/h4-5,7,14H,3,6H2,1-2H3,(H,11,15). The van der Waals surface area contributed by atoms with Gasteiger partial charge in [0.25, 0.3) is 5.91 Å². The van der Waals surface area contributed by atoms with Gasteiger partial charge in [0.05, 0.1) is 6.61 Å². The largest absolute Gasteiger partial charge is 0.395 e. The first-order chi connectivity index (χ1) is 7.67. The van der Waals surface area contributed by atoms with Crippen LogP contribution in [-0.4, -0.2) is 39.6 Å². The van der Waals surface area contributed by atoms with Crippen LogP contribution >= 0.6 is 11.8 Å². The summed E-state index contributed by atoms with van der Waals surface area (Å²) in [5, 5.41) is 20.0. The Hall–Kier alpha value is -1.14. The molecule has 0 spiro atoms. The minimum absolute atomic E-state index is 0.0737. The van der Waals surface area contributed by atoms with Crippen LogP contribution in [0.15, 0.2) is 17.2 Å². The van der Waals surface area contributed by atoms with Gasteiger partial charge in [-0.2, -0.15) is 0 Å². The van der Waals surface area contributed by atoms with Crippen LogP contribution in [0.4, 0.5) is 0 Å². The topological polar surface area (TPSA) is 75.1 Å². The van der Waals surface area contributed by atoms with Crippen molar-refractivity contribution >= 4 is 17.7 Å². The zero-order valence-electron chi connectivity index (χ0n) is 9.30. The molecular formula is C10H15N3O2S. The average molecular weight is 241 g/mol. The van der Waals surface area contributed by atoms with Crippen LogP contribution in [-0.2, 0) is 0 Å². The minimum atomic E-state index is -0.221. The molecule has 5 nitrogen and oxygen atoms in total. The predicted octanol–water partition coefficient (Wildman–Crippen LogP) is 0.699. The predicted molar refractivity (Wildman–Crippen MR) is 62.4 cm³/mol. The Kier molecular flexibility index (Phi) is 5.21. The summed E-state index contributed by atoms with van der Waals surface area (Å²) < 4.78 is 0. The molecule has 1 amide bonds. The second kappa shape index (κ2) is 6.44. The van der Waals surface area contributed by atoms with Gasteiger partial charge in [-0.25, -0.2) is 0 Å². The summed E-state index contributed by atoms with van der Waals surface area (Å²) in [4.78, 5) is 11.4. The van der Waals surface area contributed by atoms with Crippen molar-refractivity contribution in [3.05, 3.63) is 17.8 Å². The third-order valence-electron chi connectivity index (χ3n) is 1.79. The fraction of sp³-hybridized carbons (Fsp3) is 0.500. The quantitative estimate of drug-likeness (QED) is 0.742. The number of aliphatic hydroxyl groups is 1. The van der Waals surface area contributed by atoms with Crippen LogP contribution in [0.5, 0.6) is 0 Å². The molecule has 1 heterocycles. The smallest absolute Gasteiger partial charge is 0.271 e. The van der Waals surface area contributed by atoms with E-state index in [0.717, 1.165) is 0 Å². The molecule has 0 saturated heterocycles. The maximum atomic E-state index is 11.4. The Labute approximate surface area is 98.7 Å². The van der Waals surface area contributed by atoms with Crippen molar-refractivity contribution < 1.29 is 9.90 Å². The van der Waals surface area contributed by atoms with Gasteiger partial charge in [0.1, 0.15) is 5.03 Å². The zero-order chi connectivity index (χ0) is 12.0. The summed E-state index contributed by atoms with van der Waals surface area (Å²) in [6, 6.07) is 3.36. The van der Waals surface area contributed by atoms with Crippen molar-refractivity contribution in [2.24, 2.45) is 0 Å². The van der Waals surface area contributed by atoms with E-state index in [1.54, 1.807) is 12.1 Å². The number of hydrogen-bond acceptors (Lipinski definition) is 5. The molecule has 0 aliphatic rings. The van der Waals surface area contributed by atoms with E-state index in [4.69, 9.17) is 5.11 Å². The number of nitrogens with one attached hydrogen (secondary N) is 1. The first-order valence-electron chi connectivity index (χ1n) is 5.06. The number of rotatable bonds is 5. The van der Waals surface area contributed by atoms with Crippen LogP contribution in [0.2, 0.25) is 0 Å². The van der Waals surface area contributed by atoms with E-state index in [1.807, 2.05) is 13.8 Å². The number of carbonyl (C=O) groups excluding carboxylic acids is 1. The Balaban J connectivity index is 2.64. The summed E-state index contributed by atoms with van der Waals surface area (Å²) in [5.41, 5.74) is 0.308. The first kappa shape index (κ1) is 12.9. The summed E-state index contributed by atoms with van der Waals surface area (Å²) in [5.74, 6) is -0.221. The Bertz CT molecular complexity index is 342. The van der Waals surface area contributed by atoms with E-state index in [0.29, 0.717) is 17.3 Å². The fourth-order valence-electron chi connectivity index (χ4n) is 0.999. The van der Waals surface area contributed by atoms with Gasteiger partial charge < -0.3 is 10.4 Å². The molecule has 6 heteroatoms. The van der Waals surface area contributed by atoms with Crippen LogP contribution in [0.1, 0.15) is 24.3 Å². The zero-order valence-corrected chi connectivity index (χ0v) is 10.1. The summed E-state index contributed by atoms with van der Waals surface area (Å²) in [7, 11) is 0. The second-order valence-corrected chi connectivity index (χ2v) is 4.69. The van der Waals surface area contributed by atoms with Gasteiger partial charge in [-0.3, -0.25) is 4.79 Å². The van der Waals surface area contributed by atoms with Crippen LogP contribution in [0.25, 0.3) is 0 Å². The Morgan fingerprint density at radius 3 is 2.81 bits per heavy atom. The molecule has 1 rings (SSSR count). The SMILES string of the molecule is CCNC(=O)c1ccc(SC(C)CO)nn1. The van der Waals surface area contributed by atoms with E-state index >= 15 is 0 Å². The third kappa shape index (κ3) is 3.79. The van der Waals surface area contributed by atoms with Crippen molar-refractivity contribution in [2.75, 3.05) is 13.2 Å². The highest BCUT2D eigenvalue weighted by atomic mass is 32.2. The summed E-state index contributed by atoms with van der Waals surface area (Å²) >= 11 is 1.42. The fourth-order valence-corrected chi connectivity index (χ4v) is 1.72. The molecule has 0 saturated carbocycles. The molecule has 1 unspecified atom stereocenters. The number of nitrogens with zero attached hydrogens (tertiary/aromatic N) is 2. The molecule has 0 aromatic carbocycles. The maximum Gasteiger partial charge on any atom is 0.271 e. The molecule has 0 aliphatic carbocycles.